The zero-order valence-corrected chi connectivity index (χ0v) is 11.4. The molecule has 0 unspecified atom stereocenters. The summed E-state index contributed by atoms with van der Waals surface area (Å²) in [5, 5.41) is 10.7. The number of nitrogens with zero attached hydrogens (tertiary/aromatic N) is 1. The van der Waals surface area contributed by atoms with E-state index in [1.807, 2.05) is 30.3 Å². The van der Waals surface area contributed by atoms with E-state index < -0.39 is 0 Å². The second kappa shape index (κ2) is 4.85. The smallest absolute Gasteiger partial charge is 0.259 e. The molecule has 3 rings (SSSR count). The monoisotopic (exact) mass is 268 g/mol. The molecule has 0 radical (unpaired) electrons. The molecule has 3 aromatic rings. The molecule has 2 heterocycles. The standard InChI is InChI=1S/C15H16N4O/c1-9(2)13-7-14(19-18-13)17-15(20)11-8-16-12-6-4-3-5-10(11)12/h3-9,16H,1-2H3,(H2,17,18,19,20). The summed E-state index contributed by atoms with van der Waals surface area (Å²) < 4.78 is 0. The number of rotatable bonds is 3. The number of hydrogen-bond acceptors (Lipinski definition) is 2. The Bertz CT molecular complexity index is 754. The molecule has 0 saturated heterocycles. The van der Waals surface area contributed by atoms with Crippen molar-refractivity contribution in [1.29, 1.82) is 0 Å². The Balaban J connectivity index is 1.85. The number of carbonyl (C=O) groups is 1. The van der Waals surface area contributed by atoms with Crippen molar-refractivity contribution >= 4 is 22.6 Å². The van der Waals surface area contributed by atoms with Gasteiger partial charge in [-0.3, -0.25) is 9.89 Å². The lowest BCUT2D eigenvalue weighted by atomic mass is 10.1. The van der Waals surface area contributed by atoms with E-state index in [1.165, 1.54) is 0 Å². The zero-order chi connectivity index (χ0) is 14.1. The Kier molecular flexibility index (Phi) is 3.02. The van der Waals surface area contributed by atoms with Gasteiger partial charge in [-0.25, -0.2) is 0 Å². The number of fused-ring (bicyclic) bond motifs is 1. The number of carbonyl (C=O) groups excluding carboxylic acids is 1. The normalized spacial score (nSPS) is 11.2. The zero-order valence-electron chi connectivity index (χ0n) is 11.4. The average molecular weight is 268 g/mol. The SMILES string of the molecule is CC(C)c1cc(NC(=O)c2c[nH]c3ccccc23)n[nH]1. The maximum atomic E-state index is 12.3. The van der Waals surface area contributed by atoms with Crippen molar-refractivity contribution in [1.82, 2.24) is 15.2 Å². The van der Waals surface area contributed by atoms with E-state index in [-0.39, 0.29) is 5.91 Å². The maximum Gasteiger partial charge on any atom is 0.259 e. The van der Waals surface area contributed by atoms with E-state index in [0.717, 1.165) is 16.6 Å². The fraction of sp³-hybridized carbons (Fsp3) is 0.200. The van der Waals surface area contributed by atoms with Crippen LogP contribution in [-0.2, 0) is 0 Å². The summed E-state index contributed by atoms with van der Waals surface area (Å²) in [6, 6.07) is 9.57. The molecule has 0 aliphatic rings. The molecule has 3 N–H and O–H groups in total. The van der Waals surface area contributed by atoms with Crippen LogP contribution >= 0.6 is 0 Å². The number of aromatic nitrogens is 3. The van der Waals surface area contributed by atoms with Gasteiger partial charge in [0.25, 0.3) is 5.91 Å². The Morgan fingerprint density at radius 2 is 2.10 bits per heavy atom. The van der Waals surface area contributed by atoms with Gasteiger partial charge in [-0.2, -0.15) is 5.10 Å². The molecule has 0 atom stereocenters. The van der Waals surface area contributed by atoms with Gasteiger partial charge in [0.15, 0.2) is 5.82 Å². The number of benzene rings is 1. The van der Waals surface area contributed by atoms with Crippen molar-refractivity contribution in [2.24, 2.45) is 0 Å². The van der Waals surface area contributed by atoms with E-state index in [1.54, 1.807) is 6.20 Å². The Labute approximate surface area is 116 Å². The van der Waals surface area contributed by atoms with Crippen LogP contribution in [0, 0.1) is 0 Å². The topological polar surface area (TPSA) is 73.6 Å². The summed E-state index contributed by atoms with van der Waals surface area (Å²) in [5.41, 5.74) is 2.57. The van der Waals surface area contributed by atoms with Gasteiger partial charge in [0.05, 0.1) is 5.56 Å². The largest absolute Gasteiger partial charge is 0.360 e. The van der Waals surface area contributed by atoms with E-state index in [9.17, 15) is 4.79 Å². The molecule has 0 aliphatic carbocycles. The minimum absolute atomic E-state index is 0.163. The van der Waals surface area contributed by atoms with Crippen LogP contribution in [0.4, 0.5) is 5.82 Å². The second-order valence-electron chi connectivity index (χ2n) is 5.07. The van der Waals surface area contributed by atoms with Gasteiger partial charge in [-0.15, -0.1) is 0 Å². The van der Waals surface area contributed by atoms with Crippen molar-refractivity contribution in [3.05, 3.63) is 47.8 Å². The van der Waals surface area contributed by atoms with Crippen molar-refractivity contribution in [2.45, 2.75) is 19.8 Å². The number of para-hydroxylation sites is 1. The lowest BCUT2D eigenvalue weighted by Gasteiger charge is -2.00. The molecule has 0 spiro atoms. The van der Waals surface area contributed by atoms with Gasteiger partial charge < -0.3 is 10.3 Å². The van der Waals surface area contributed by atoms with Gasteiger partial charge in [0.1, 0.15) is 0 Å². The lowest BCUT2D eigenvalue weighted by Crippen LogP contribution is -2.11. The fourth-order valence-corrected chi connectivity index (χ4v) is 2.14. The summed E-state index contributed by atoms with van der Waals surface area (Å²) in [6.45, 7) is 4.14. The number of H-pyrrole nitrogens is 2. The molecule has 0 bridgehead atoms. The van der Waals surface area contributed by atoms with Crippen LogP contribution < -0.4 is 5.32 Å². The van der Waals surface area contributed by atoms with Crippen molar-refractivity contribution in [2.75, 3.05) is 5.32 Å². The number of hydrogen-bond donors (Lipinski definition) is 3. The third-order valence-electron chi connectivity index (χ3n) is 3.30. The number of amides is 1. The molecule has 1 aromatic carbocycles. The molecule has 20 heavy (non-hydrogen) atoms. The predicted molar refractivity (Wildman–Crippen MR) is 78.9 cm³/mol. The molecule has 0 saturated carbocycles. The minimum Gasteiger partial charge on any atom is -0.360 e. The summed E-state index contributed by atoms with van der Waals surface area (Å²) in [6.07, 6.45) is 1.72. The highest BCUT2D eigenvalue weighted by atomic mass is 16.1. The first-order chi connectivity index (χ1) is 9.65. The highest BCUT2D eigenvalue weighted by Gasteiger charge is 2.13. The Morgan fingerprint density at radius 3 is 2.85 bits per heavy atom. The second-order valence-corrected chi connectivity index (χ2v) is 5.07. The molecule has 1 amide bonds. The van der Waals surface area contributed by atoms with Crippen molar-refractivity contribution < 1.29 is 4.79 Å². The molecular weight excluding hydrogens is 252 g/mol. The molecule has 2 aromatic heterocycles. The first kappa shape index (κ1) is 12.5. The van der Waals surface area contributed by atoms with Gasteiger partial charge in [-0.05, 0) is 12.0 Å². The molecule has 0 aliphatic heterocycles. The summed E-state index contributed by atoms with van der Waals surface area (Å²) in [4.78, 5) is 15.4. The quantitative estimate of drug-likeness (QED) is 0.682. The number of aromatic amines is 2. The summed E-state index contributed by atoms with van der Waals surface area (Å²) >= 11 is 0. The van der Waals surface area contributed by atoms with Crippen LogP contribution in [0.1, 0.15) is 35.8 Å². The van der Waals surface area contributed by atoms with Crippen molar-refractivity contribution in [3.8, 4) is 0 Å². The van der Waals surface area contributed by atoms with E-state index >= 15 is 0 Å². The molecule has 5 nitrogen and oxygen atoms in total. The van der Waals surface area contributed by atoms with Crippen LogP contribution in [0.5, 0.6) is 0 Å². The molecule has 5 heteroatoms. The number of nitrogens with one attached hydrogen (secondary N) is 3. The highest BCUT2D eigenvalue weighted by Crippen LogP contribution is 2.20. The summed E-state index contributed by atoms with van der Waals surface area (Å²) in [5.74, 6) is 0.731. The van der Waals surface area contributed by atoms with Gasteiger partial charge >= 0.3 is 0 Å². The number of anilines is 1. The third-order valence-corrected chi connectivity index (χ3v) is 3.30. The first-order valence-electron chi connectivity index (χ1n) is 6.58. The third kappa shape index (κ3) is 2.18. The van der Waals surface area contributed by atoms with E-state index in [4.69, 9.17) is 0 Å². The predicted octanol–water partition coefficient (Wildman–Crippen LogP) is 3.27. The molecule has 0 fully saturated rings. The van der Waals surface area contributed by atoms with Crippen LogP contribution in [-0.4, -0.2) is 21.1 Å². The fourth-order valence-electron chi connectivity index (χ4n) is 2.14. The van der Waals surface area contributed by atoms with E-state index in [0.29, 0.717) is 17.3 Å². The van der Waals surface area contributed by atoms with Crippen LogP contribution in [0.15, 0.2) is 36.5 Å². The lowest BCUT2D eigenvalue weighted by molar-refractivity contribution is 0.102. The van der Waals surface area contributed by atoms with Gasteiger partial charge in [0.2, 0.25) is 0 Å². The first-order valence-corrected chi connectivity index (χ1v) is 6.58. The minimum atomic E-state index is -0.163. The average Bonchev–Trinajstić information content (AvgIpc) is 3.04. The van der Waals surface area contributed by atoms with Crippen LogP contribution in [0.25, 0.3) is 10.9 Å². The summed E-state index contributed by atoms with van der Waals surface area (Å²) in [7, 11) is 0. The van der Waals surface area contributed by atoms with E-state index in [2.05, 4.69) is 34.3 Å². The highest BCUT2D eigenvalue weighted by molar-refractivity contribution is 6.12. The maximum absolute atomic E-state index is 12.3. The Morgan fingerprint density at radius 1 is 1.30 bits per heavy atom. The van der Waals surface area contributed by atoms with Gasteiger partial charge in [0, 0.05) is 28.9 Å². The molecular formula is C15H16N4O. The van der Waals surface area contributed by atoms with Crippen LogP contribution in [0.3, 0.4) is 0 Å². The molecule has 102 valence electrons. The van der Waals surface area contributed by atoms with Crippen LogP contribution in [0.2, 0.25) is 0 Å². The van der Waals surface area contributed by atoms with Gasteiger partial charge in [-0.1, -0.05) is 32.0 Å². The van der Waals surface area contributed by atoms with Crippen molar-refractivity contribution in [3.63, 3.8) is 0 Å². The Hall–Kier alpha value is -2.56.